The van der Waals surface area contributed by atoms with Gasteiger partial charge < -0.3 is 5.32 Å². The molecule has 1 unspecified atom stereocenters. The van der Waals surface area contributed by atoms with Crippen molar-refractivity contribution in [2.75, 3.05) is 12.3 Å². The van der Waals surface area contributed by atoms with Crippen LogP contribution < -0.4 is 5.32 Å². The second-order valence-corrected chi connectivity index (χ2v) is 6.11. The largest absolute Gasteiger partial charge is 0.313 e. The molecule has 1 heterocycles. The lowest BCUT2D eigenvalue weighted by Gasteiger charge is -2.16. The molecule has 0 radical (unpaired) electrons. The summed E-state index contributed by atoms with van der Waals surface area (Å²) in [7, 11) is 0. The van der Waals surface area contributed by atoms with Gasteiger partial charge in [-0.3, -0.25) is 4.98 Å². The Bertz CT molecular complexity index is 428. The Balaban J connectivity index is 1.86. The Morgan fingerprint density at radius 2 is 2.17 bits per heavy atom. The molecular formula is C14H18N2S2. The van der Waals surface area contributed by atoms with Crippen molar-refractivity contribution in [1.29, 1.82) is 0 Å². The highest BCUT2D eigenvalue weighted by molar-refractivity contribution is 7.99. The summed E-state index contributed by atoms with van der Waals surface area (Å²) in [6.07, 6.45) is 3.04. The molecule has 1 atom stereocenters. The minimum absolute atomic E-state index is 0.514. The van der Waals surface area contributed by atoms with E-state index in [1.54, 1.807) is 11.3 Å². The van der Waals surface area contributed by atoms with Crippen LogP contribution in [0.5, 0.6) is 0 Å². The minimum Gasteiger partial charge on any atom is -0.313 e. The van der Waals surface area contributed by atoms with E-state index in [1.165, 1.54) is 9.77 Å². The quantitative estimate of drug-likeness (QED) is 0.785. The van der Waals surface area contributed by atoms with Crippen LogP contribution in [0.1, 0.15) is 11.8 Å². The first-order chi connectivity index (χ1) is 8.88. The van der Waals surface area contributed by atoms with E-state index >= 15 is 0 Å². The number of thioether (sulfide) groups is 1. The maximum Gasteiger partial charge on any atom is 0.0794 e. The van der Waals surface area contributed by atoms with Crippen molar-refractivity contribution in [3.05, 3.63) is 46.9 Å². The van der Waals surface area contributed by atoms with Crippen LogP contribution in [0, 0.1) is 0 Å². The molecule has 2 nitrogen and oxygen atoms in total. The van der Waals surface area contributed by atoms with E-state index in [0.717, 1.165) is 18.7 Å². The van der Waals surface area contributed by atoms with Crippen LogP contribution in [0.4, 0.5) is 0 Å². The van der Waals surface area contributed by atoms with Gasteiger partial charge in [-0.05, 0) is 25.1 Å². The van der Waals surface area contributed by atoms with Gasteiger partial charge >= 0.3 is 0 Å². The molecule has 4 heteroatoms. The fourth-order valence-electron chi connectivity index (χ4n) is 1.78. The zero-order valence-electron chi connectivity index (χ0n) is 10.5. The van der Waals surface area contributed by atoms with Gasteiger partial charge in [0.2, 0.25) is 0 Å². The molecule has 0 saturated carbocycles. The van der Waals surface area contributed by atoms with E-state index < -0.39 is 0 Å². The monoisotopic (exact) mass is 278 g/mol. The van der Waals surface area contributed by atoms with Gasteiger partial charge in [0.1, 0.15) is 0 Å². The van der Waals surface area contributed by atoms with Gasteiger partial charge in [-0.2, -0.15) is 0 Å². The van der Waals surface area contributed by atoms with Crippen molar-refractivity contribution in [3.8, 4) is 0 Å². The van der Waals surface area contributed by atoms with Gasteiger partial charge in [0.25, 0.3) is 0 Å². The summed E-state index contributed by atoms with van der Waals surface area (Å²) in [6.45, 7) is 3.17. The topological polar surface area (TPSA) is 24.9 Å². The molecule has 1 aromatic heterocycles. The molecule has 0 spiro atoms. The van der Waals surface area contributed by atoms with E-state index in [9.17, 15) is 0 Å². The number of thiazole rings is 1. The summed E-state index contributed by atoms with van der Waals surface area (Å²) in [4.78, 5) is 6.83. The van der Waals surface area contributed by atoms with Gasteiger partial charge in [0.15, 0.2) is 0 Å². The van der Waals surface area contributed by atoms with Crippen LogP contribution in [-0.2, 0) is 6.42 Å². The molecule has 0 bridgehead atoms. The van der Waals surface area contributed by atoms with E-state index in [1.807, 2.05) is 23.5 Å². The molecular weight excluding hydrogens is 260 g/mol. The van der Waals surface area contributed by atoms with Crippen LogP contribution in [0.25, 0.3) is 0 Å². The van der Waals surface area contributed by atoms with Crippen molar-refractivity contribution in [2.24, 2.45) is 0 Å². The van der Waals surface area contributed by atoms with E-state index in [-0.39, 0.29) is 0 Å². The minimum atomic E-state index is 0.514. The highest BCUT2D eigenvalue weighted by atomic mass is 32.2. The SMILES string of the molecule is CCNC(CSc1ccccc1)Cc1cncs1. The van der Waals surface area contributed by atoms with Gasteiger partial charge in [-0.15, -0.1) is 23.1 Å². The average Bonchev–Trinajstić information content (AvgIpc) is 2.90. The summed E-state index contributed by atoms with van der Waals surface area (Å²) in [5.41, 5.74) is 1.91. The normalized spacial score (nSPS) is 12.5. The van der Waals surface area contributed by atoms with Gasteiger partial charge in [-0.1, -0.05) is 25.1 Å². The number of nitrogens with zero attached hydrogens (tertiary/aromatic N) is 1. The summed E-state index contributed by atoms with van der Waals surface area (Å²) < 4.78 is 0. The smallest absolute Gasteiger partial charge is 0.0794 e. The van der Waals surface area contributed by atoms with Crippen molar-refractivity contribution >= 4 is 23.1 Å². The van der Waals surface area contributed by atoms with Crippen molar-refractivity contribution in [3.63, 3.8) is 0 Å². The predicted molar refractivity (Wildman–Crippen MR) is 80.4 cm³/mol. The van der Waals surface area contributed by atoms with Crippen LogP contribution in [0.15, 0.2) is 46.9 Å². The van der Waals surface area contributed by atoms with Crippen LogP contribution >= 0.6 is 23.1 Å². The Labute approximate surface area is 117 Å². The molecule has 0 aliphatic heterocycles. The molecule has 0 saturated heterocycles. The lowest BCUT2D eigenvalue weighted by Crippen LogP contribution is -2.32. The van der Waals surface area contributed by atoms with E-state index in [4.69, 9.17) is 0 Å². The van der Waals surface area contributed by atoms with Crippen molar-refractivity contribution in [2.45, 2.75) is 24.3 Å². The zero-order valence-corrected chi connectivity index (χ0v) is 12.1. The van der Waals surface area contributed by atoms with Crippen molar-refractivity contribution < 1.29 is 0 Å². The van der Waals surface area contributed by atoms with Gasteiger partial charge in [0.05, 0.1) is 5.51 Å². The molecule has 0 aliphatic carbocycles. The van der Waals surface area contributed by atoms with Crippen LogP contribution in [-0.4, -0.2) is 23.3 Å². The third-order valence-electron chi connectivity index (χ3n) is 2.62. The molecule has 0 aliphatic rings. The number of rotatable bonds is 7. The van der Waals surface area contributed by atoms with E-state index in [2.05, 4.69) is 47.6 Å². The molecule has 2 aromatic rings. The number of benzene rings is 1. The van der Waals surface area contributed by atoms with Crippen LogP contribution in [0.3, 0.4) is 0 Å². The maximum atomic E-state index is 4.14. The Morgan fingerprint density at radius 3 is 2.83 bits per heavy atom. The summed E-state index contributed by atoms with van der Waals surface area (Å²) in [6, 6.07) is 11.1. The second-order valence-electron chi connectivity index (χ2n) is 4.05. The summed E-state index contributed by atoms with van der Waals surface area (Å²) in [5, 5.41) is 3.55. The van der Waals surface area contributed by atoms with E-state index in [0.29, 0.717) is 6.04 Å². The molecule has 1 N–H and O–H groups in total. The molecule has 96 valence electrons. The highest BCUT2D eigenvalue weighted by Gasteiger charge is 2.10. The average molecular weight is 278 g/mol. The van der Waals surface area contributed by atoms with Gasteiger partial charge in [-0.25, -0.2) is 0 Å². The number of hydrogen-bond acceptors (Lipinski definition) is 4. The Hall–Kier alpha value is -0.840. The summed E-state index contributed by atoms with van der Waals surface area (Å²) in [5.74, 6) is 1.09. The first-order valence-corrected chi connectivity index (χ1v) is 8.03. The fraction of sp³-hybridized carbons (Fsp3) is 0.357. The summed E-state index contributed by atoms with van der Waals surface area (Å²) >= 11 is 3.65. The standard InChI is InChI=1S/C14H18N2S2/c1-2-16-12(8-14-9-15-11-18-14)10-17-13-6-4-3-5-7-13/h3-7,9,11-12,16H,2,8,10H2,1H3. The number of nitrogens with one attached hydrogen (secondary N) is 1. The third kappa shape index (κ3) is 4.44. The lowest BCUT2D eigenvalue weighted by atomic mass is 10.2. The first kappa shape index (κ1) is 13.6. The number of hydrogen-bond donors (Lipinski definition) is 1. The number of aromatic nitrogens is 1. The first-order valence-electron chi connectivity index (χ1n) is 6.17. The fourth-order valence-corrected chi connectivity index (χ4v) is 3.43. The Kier molecular flexibility index (Phi) is 5.71. The lowest BCUT2D eigenvalue weighted by molar-refractivity contribution is 0.576. The number of likely N-dealkylation sites (N-methyl/N-ethyl adjacent to an activating group) is 1. The molecule has 0 fully saturated rings. The van der Waals surface area contributed by atoms with Crippen molar-refractivity contribution in [1.82, 2.24) is 10.3 Å². The zero-order chi connectivity index (χ0) is 12.6. The van der Waals surface area contributed by atoms with Gasteiger partial charge in [0, 0.05) is 27.8 Å². The third-order valence-corrected chi connectivity index (χ3v) is 4.59. The maximum absolute atomic E-state index is 4.14. The predicted octanol–water partition coefficient (Wildman–Crippen LogP) is 3.46. The molecule has 1 aromatic carbocycles. The molecule has 0 amide bonds. The van der Waals surface area contributed by atoms with Crippen LogP contribution in [0.2, 0.25) is 0 Å². The highest BCUT2D eigenvalue weighted by Crippen LogP contribution is 2.20. The molecule has 18 heavy (non-hydrogen) atoms. The Morgan fingerprint density at radius 1 is 1.33 bits per heavy atom. The molecule has 2 rings (SSSR count). The second kappa shape index (κ2) is 7.56.